The molecule has 0 saturated heterocycles. The Balaban J connectivity index is 2.10. The van der Waals surface area contributed by atoms with Crippen LogP contribution in [0.4, 0.5) is 5.69 Å². The highest BCUT2D eigenvalue weighted by molar-refractivity contribution is 5.47. The van der Waals surface area contributed by atoms with Crippen LogP contribution in [0.2, 0.25) is 0 Å². The van der Waals surface area contributed by atoms with Gasteiger partial charge in [-0.3, -0.25) is 0 Å². The minimum absolute atomic E-state index is 0.0792. The summed E-state index contributed by atoms with van der Waals surface area (Å²) < 4.78 is 5.54. The fraction of sp³-hybridized carbons (Fsp3) is 0.333. The topological polar surface area (TPSA) is 45.4 Å². The zero-order chi connectivity index (χ0) is 13.1. The average molecular weight is 245 g/mol. The van der Waals surface area contributed by atoms with E-state index in [-0.39, 0.29) is 12.6 Å². The van der Waals surface area contributed by atoms with Crippen LogP contribution in [0, 0.1) is 13.8 Å². The van der Waals surface area contributed by atoms with Crippen molar-refractivity contribution in [1.82, 2.24) is 0 Å². The molecule has 18 heavy (non-hydrogen) atoms. The molecule has 0 aliphatic heterocycles. The molecule has 3 heteroatoms. The summed E-state index contributed by atoms with van der Waals surface area (Å²) in [6, 6.07) is 10.1. The maximum atomic E-state index is 8.99. The smallest absolute Gasteiger partial charge is 0.106 e. The van der Waals surface area contributed by atoms with Crippen molar-refractivity contribution >= 4 is 5.69 Å². The van der Waals surface area contributed by atoms with Gasteiger partial charge in [-0.15, -0.1) is 0 Å². The third-order valence-corrected chi connectivity index (χ3v) is 3.07. The predicted molar refractivity (Wildman–Crippen MR) is 72.6 cm³/mol. The van der Waals surface area contributed by atoms with Crippen LogP contribution in [0.5, 0.6) is 0 Å². The van der Waals surface area contributed by atoms with Gasteiger partial charge < -0.3 is 14.8 Å². The second-order valence-electron chi connectivity index (χ2n) is 4.59. The second kappa shape index (κ2) is 5.27. The Kier molecular flexibility index (Phi) is 3.72. The van der Waals surface area contributed by atoms with Crippen LogP contribution >= 0.6 is 0 Å². The molecule has 0 radical (unpaired) electrons. The zero-order valence-corrected chi connectivity index (χ0v) is 11.0. The van der Waals surface area contributed by atoms with Crippen molar-refractivity contribution in [2.75, 3.05) is 5.32 Å². The molecule has 0 amide bonds. The summed E-state index contributed by atoms with van der Waals surface area (Å²) in [6.07, 6.45) is 0. The first-order valence-corrected chi connectivity index (χ1v) is 6.13. The van der Waals surface area contributed by atoms with Crippen molar-refractivity contribution in [1.29, 1.82) is 0 Å². The first-order chi connectivity index (χ1) is 8.60. The van der Waals surface area contributed by atoms with Crippen molar-refractivity contribution < 1.29 is 9.52 Å². The number of hydrogen-bond donors (Lipinski definition) is 2. The van der Waals surface area contributed by atoms with Crippen molar-refractivity contribution in [2.24, 2.45) is 0 Å². The molecule has 1 aromatic carbocycles. The van der Waals surface area contributed by atoms with Gasteiger partial charge in [0.1, 0.15) is 11.5 Å². The average Bonchev–Trinajstić information content (AvgIpc) is 2.69. The lowest BCUT2D eigenvalue weighted by atomic mass is 10.1. The van der Waals surface area contributed by atoms with E-state index < -0.39 is 0 Å². The second-order valence-corrected chi connectivity index (χ2v) is 4.59. The molecule has 1 aromatic heterocycles. The first-order valence-electron chi connectivity index (χ1n) is 6.13. The Morgan fingerprint density at radius 1 is 1.22 bits per heavy atom. The normalized spacial score (nSPS) is 12.4. The third kappa shape index (κ3) is 2.74. The molecule has 1 atom stereocenters. The molecule has 2 rings (SSSR count). The zero-order valence-electron chi connectivity index (χ0n) is 11.0. The largest absolute Gasteiger partial charge is 0.466 e. The van der Waals surface area contributed by atoms with E-state index >= 15 is 0 Å². The van der Waals surface area contributed by atoms with Gasteiger partial charge in [-0.25, -0.2) is 0 Å². The number of furan rings is 1. The Labute approximate surface area is 107 Å². The number of aryl methyl sites for hydroxylation is 2. The maximum Gasteiger partial charge on any atom is 0.106 e. The standard InChI is InChI=1S/C15H19NO2/c1-10-8-15(12(3)18-10)11(2)16-14-6-4-13(9-17)5-7-14/h4-8,11,16-17H,9H2,1-3H3. The highest BCUT2D eigenvalue weighted by Crippen LogP contribution is 2.24. The van der Waals surface area contributed by atoms with Gasteiger partial charge in [0.2, 0.25) is 0 Å². The Morgan fingerprint density at radius 3 is 2.39 bits per heavy atom. The van der Waals surface area contributed by atoms with Crippen LogP contribution in [0.1, 0.15) is 35.6 Å². The third-order valence-electron chi connectivity index (χ3n) is 3.07. The van der Waals surface area contributed by atoms with Gasteiger partial charge in [0.25, 0.3) is 0 Å². The number of nitrogens with one attached hydrogen (secondary N) is 1. The first kappa shape index (κ1) is 12.7. The van der Waals surface area contributed by atoms with Gasteiger partial charge >= 0.3 is 0 Å². The van der Waals surface area contributed by atoms with Gasteiger partial charge in [0.05, 0.1) is 12.6 Å². The summed E-state index contributed by atoms with van der Waals surface area (Å²) in [7, 11) is 0. The van der Waals surface area contributed by atoms with Gasteiger partial charge in [-0.2, -0.15) is 0 Å². The van der Waals surface area contributed by atoms with Crippen LogP contribution in [0.3, 0.4) is 0 Å². The Hall–Kier alpha value is -1.74. The molecular weight excluding hydrogens is 226 g/mol. The van der Waals surface area contributed by atoms with E-state index in [2.05, 4.69) is 18.3 Å². The molecular formula is C15H19NO2. The van der Waals surface area contributed by atoms with E-state index in [1.54, 1.807) is 0 Å². The van der Waals surface area contributed by atoms with E-state index in [0.29, 0.717) is 0 Å². The molecule has 1 unspecified atom stereocenters. The summed E-state index contributed by atoms with van der Waals surface area (Å²) in [5.41, 5.74) is 3.14. The van der Waals surface area contributed by atoms with E-state index in [1.807, 2.05) is 38.1 Å². The Morgan fingerprint density at radius 2 is 1.89 bits per heavy atom. The van der Waals surface area contributed by atoms with Crippen molar-refractivity contribution in [3.05, 3.63) is 53.0 Å². The van der Waals surface area contributed by atoms with Crippen LogP contribution in [-0.4, -0.2) is 5.11 Å². The molecule has 0 aliphatic carbocycles. The van der Waals surface area contributed by atoms with E-state index in [4.69, 9.17) is 9.52 Å². The molecule has 0 saturated carbocycles. The van der Waals surface area contributed by atoms with Crippen LogP contribution in [0.15, 0.2) is 34.7 Å². The summed E-state index contributed by atoms with van der Waals surface area (Å²) in [4.78, 5) is 0. The molecule has 3 nitrogen and oxygen atoms in total. The summed E-state index contributed by atoms with van der Waals surface area (Å²) in [5.74, 6) is 1.89. The maximum absolute atomic E-state index is 8.99. The molecule has 0 bridgehead atoms. The summed E-state index contributed by atoms with van der Waals surface area (Å²) in [6.45, 7) is 6.13. The van der Waals surface area contributed by atoms with Crippen molar-refractivity contribution in [3.8, 4) is 0 Å². The predicted octanol–water partition coefficient (Wildman–Crippen LogP) is 3.56. The molecule has 0 fully saturated rings. The molecule has 0 spiro atoms. The number of anilines is 1. The SMILES string of the molecule is Cc1cc(C(C)Nc2ccc(CO)cc2)c(C)o1. The lowest BCUT2D eigenvalue weighted by Gasteiger charge is -2.14. The van der Waals surface area contributed by atoms with Crippen molar-refractivity contribution in [3.63, 3.8) is 0 Å². The highest BCUT2D eigenvalue weighted by atomic mass is 16.3. The van der Waals surface area contributed by atoms with Crippen molar-refractivity contribution in [2.45, 2.75) is 33.4 Å². The van der Waals surface area contributed by atoms with Crippen LogP contribution in [0.25, 0.3) is 0 Å². The number of rotatable bonds is 4. The molecule has 2 N–H and O–H groups in total. The molecule has 96 valence electrons. The Bertz CT molecular complexity index is 514. The van der Waals surface area contributed by atoms with E-state index in [9.17, 15) is 0 Å². The van der Waals surface area contributed by atoms with Crippen LogP contribution in [-0.2, 0) is 6.61 Å². The lowest BCUT2D eigenvalue weighted by Crippen LogP contribution is -2.06. The van der Waals surface area contributed by atoms with Gasteiger partial charge in [-0.05, 0) is 44.5 Å². The monoisotopic (exact) mass is 245 g/mol. The number of hydrogen-bond acceptors (Lipinski definition) is 3. The fourth-order valence-electron chi connectivity index (χ4n) is 2.11. The molecule has 1 heterocycles. The van der Waals surface area contributed by atoms with E-state index in [0.717, 1.165) is 22.8 Å². The van der Waals surface area contributed by atoms with Crippen LogP contribution < -0.4 is 5.32 Å². The van der Waals surface area contributed by atoms with Gasteiger partial charge in [0, 0.05) is 11.3 Å². The number of aliphatic hydroxyl groups excluding tert-OH is 1. The van der Waals surface area contributed by atoms with Gasteiger partial charge in [-0.1, -0.05) is 12.1 Å². The number of benzene rings is 1. The van der Waals surface area contributed by atoms with Gasteiger partial charge in [0.15, 0.2) is 0 Å². The lowest BCUT2D eigenvalue weighted by molar-refractivity contribution is 0.282. The molecule has 0 aliphatic rings. The minimum Gasteiger partial charge on any atom is -0.466 e. The highest BCUT2D eigenvalue weighted by Gasteiger charge is 2.12. The quantitative estimate of drug-likeness (QED) is 0.865. The summed E-state index contributed by atoms with van der Waals surface area (Å²) >= 11 is 0. The molecule has 2 aromatic rings. The summed E-state index contributed by atoms with van der Waals surface area (Å²) in [5, 5.41) is 12.4. The van der Waals surface area contributed by atoms with E-state index in [1.165, 1.54) is 5.56 Å². The fourth-order valence-corrected chi connectivity index (χ4v) is 2.11. The minimum atomic E-state index is 0.0792. The number of aliphatic hydroxyl groups is 1.